The molecule has 1 aliphatic heterocycles. The maximum absolute atomic E-state index is 13.1. The number of rotatable bonds is 8. The Morgan fingerprint density at radius 3 is 2.32 bits per heavy atom. The van der Waals surface area contributed by atoms with Crippen LogP contribution in [0.5, 0.6) is 0 Å². The number of morpholine rings is 1. The Hall–Kier alpha value is -2.94. The lowest BCUT2D eigenvalue weighted by molar-refractivity contribution is -0.118. The largest absolute Gasteiger partial charge is 0.378 e. The maximum Gasteiger partial charge on any atom is 0.242 e. The summed E-state index contributed by atoms with van der Waals surface area (Å²) in [6, 6.07) is 19.2. The topological polar surface area (TPSA) is 87.7 Å². The van der Waals surface area contributed by atoms with E-state index in [1.807, 2.05) is 62.4 Å². The van der Waals surface area contributed by atoms with Crippen molar-refractivity contribution < 1.29 is 17.9 Å². The van der Waals surface area contributed by atoms with E-state index in [-0.39, 0.29) is 16.7 Å². The number of carbonyl (C=O) groups excluding carboxylic acids is 1. The molecule has 0 spiro atoms. The smallest absolute Gasteiger partial charge is 0.242 e. The third-order valence-corrected chi connectivity index (χ3v) is 7.33. The molecule has 0 saturated carbocycles. The van der Waals surface area contributed by atoms with Gasteiger partial charge in [-0.25, -0.2) is 8.42 Å². The van der Waals surface area contributed by atoms with Crippen LogP contribution < -0.4 is 14.9 Å². The van der Waals surface area contributed by atoms with Gasteiger partial charge in [-0.05, 0) is 59.5 Å². The molecule has 1 unspecified atom stereocenters. The van der Waals surface area contributed by atoms with Crippen LogP contribution in [0.4, 0.5) is 11.4 Å². The fraction of sp³-hybridized carbons (Fsp3) is 0.346. The van der Waals surface area contributed by atoms with E-state index in [4.69, 9.17) is 4.74 Å². The zero-order valence-corrected chi connectivity index (χ0v) is 20.3. The summed E-state index contributed by atoms with van der Waals surface area (Å²) in [6.07, 6.45) is 0.379. The van der Waals surface area contributed by atoms with Crippen LogP contribution in [0.15, 0.2) is 71.6 Å². The van der Waals surface area contributed by atoms with E-state index in [0.29, 0.717) is 25.3 Å². The van der Waals surface area contributed by atoms with Crippen LogP contribution in [0.1, 0.15) is 20.3 Å². The number of carbonyl (C=O) groups is 1. The highest BCUT2D eigenvalue weighted by Crippen LogP contribution is 2.22. The minimum Gasteiger partial charge on any atom is -0.378 e. The Kier molecular flexibility index (Phi) is 7.50. The van der Waals surface area contributed by atoms with Gasteiger partial charge in [-0.2, -0.15) is 4.72 Å². The summed E-state index contributed by atoms with van der Waals surface area (Å²) in [5.41, 5.74) is 1.69. The zero-order chi connectivity index (χ0) is 24.1. The fourth-order valence-corrected chi connectivity index (χ4v) is 5.32. The van der Waals surface area contributed by atoms with E-state index >= 15 is 0 Å². The zero-order valence-electron chi connectivity index (χ0n) is 19.5. The van der Waals surface area contributed by atoms with Crippen LogP contribution in [-0.4, -0.2) is 46.7 Å². The first-order valence-electron chi connectivity index (χ1n) is 11.6. The Labute approximate surface area is 201 Å². The highest BCUT2D eigenvalue weighted by molar-refractivity contribution is 7.89. The van der Waals surface area contributed by atoms with Crippen molar-refractivity contribution in [1.29, 1.82) is 0 Å². The van der Waals surface area contributed by atoms with Gasteiger partial charge in [-0.3, -0.25) is 4.79 Å². The molecule has 0 aromatic heterocycles. The van der Waals surface area contributed by atoms with Crippen molar-refractivity contribution >= 4 is 38.1 Å². The summed E-state index contributed by atoms with van der Waals surface area (Å²) in [6.45, 7) is 6.99. The number of anilines is 2. The van der Waals surface area contributed by atoms with Crippen LogP contribution in [-0.2, 0) is 19.6 Å². The quantitative estimate of drug-likeness (QED) is 0.508. The molecule has 1 aliphatic rings. The average molecular weight is 482 g/mol. The van der Waals surface area contributed by atoms with Crippen molar-refractivity contribution in [2.75, 3.05) is 36.5 Å². The van der Waals surface area contributed by atoms with Gasteiger partial charge in [0.25, 0.3) is 0 Å². The average Bonchev–Trinajstić information content (AvgIpc) is 2.84. The number of nitrogens with zero attached hydrogens (tertiary/aromatic N) is 1. The monoisotopic (exact) mass is 481 g/mol. The predicted molar refractivity (Wildman–Crippen MR) is 136 cm³/mol. The molecule has 1 heterocycles. The Balaban J connectivity index is 1.48. The normalized spacial score (nSPS) is 15.4. The van der Waals surface area contributed by atoms with Gasteiger partial charge in [0.05, 0.1) is 18.1 Å². The molecule has 34 heavy (non-hydrogen) atoms. The van der Waals surface area contributed by atoms with Crippen molar-refractivity contribution in [1.82, 2.24) is 4.72 Å². The summed E-state index contributed by atoms with van der Waals surface area (Å²) < 4.78 is 34.3. The van der Waals surface area contributed by atoms with E-state index in [9.17, 15) is 13.2 Å². The third kappa shape index (κ3) is 5.94. The van der Waals surface area contributed by atoms with Crippen molar-refractivity contribution in [2.24, 2.45) is 5.92 Å². The van der Waals surface area contributed by atoms with Crippen molar-refractivity contribution in [2.45, 2.75) is 31.2 Å². The van der Waals surface area contributed by atoms with E-state index < -0.39 is 16.1 Å². The van der Waals surface area contributed by atoms with Gasteiger partial charge in [0.15, 0.2) is 0 Å². The summed E-state index contributed by atoms with van der Waals surface area (Å²) in [7, 11) is -3.88. The minimum atomic E-state index is -3.88. The van der Waals surface area contributed by atoms with Crippen molar-refractivity contribution in [3.8, 4) is 0 Å². The second-order valence-corrected chi connectivity index (χ2v) is 10.7. The van der Waals surface area contributed by atoms with E-state index in [2.05, 4.69) is 14.9 Å². The number of benzene rings is 3. The van der Waals surface area contributed by atoms with Gasteiger partial charge in [0.1, 0.15) is 6.04 Å². The van der Waals surface area contributed by atoms with E-state index in [1.165, 1.54) is 0 Å². The molecule has 1 amide bonds. The molecular weight excluding hydrogens is 450 g/mol. The third-order valence-electron chi connectivity index (χ3n) is 5.86. The SMILES string of the molecule is CC(C)CC(NS(=O)(=O)c1ccc2ccccc2c1)C(=O)Nc1ccc(N2CCOCC2)cc1. The van der Waals surface area contributed by atoms with Crippen LogP contribution >= 0.6 is 0 Å². The van der Waals surface area contributed by atoms with Gasteiger partial charge in [-0.1, -0.05) is 44.2 Å². The number of amides is 1. The molecule has 3 aromatic rings. The maximum atomic E-state index is 13.1. The van der Waals surface area contributed by atoms with Crippen LogP contribution in [0.25, 0.3) is 10.8 Å². The molecule has 0 radical (unpaired) electrons. The predicted octanol–water partition coefficient (Wildman–Crippen LogP) is 4.01. The number of hydrogen-bond donors (Lipinski definition) is 2. The summed E-state index contributed by atoms with van der Waals surface area (Å²) in [5.74, 6) is -0.254. The molecule has 1 fully saturated rings. The summed E-state index contributed by atoms with van der Waals surface area (Å²) in [5, 5.41) is 4.66. The van der Waals surface area contributed by atoms with Crippen molar-refractivity contribution in [3.05, 3.63) is 66.7 Å². The molecule has 4 rings (SSSR count). The molecular formula is C26H31N3O4S. The molecule has 0 aliphatic carbocycles. The Morgan fingerprint density at radius 1 is 0.971 bits per heavy atom. The molecule has 180 valence electrons. The molecule has 7 nitrogen and oxygen atoms in total. The highest BCUT2D eigenvalue weighted by atomic mass is 32.2. The number of hydrogen-bond acceptors (Lipinski definition) is 5. The van der Waals surface area contributed by atoms with Crippen LogP contribution in [0, 0.1) is 5.92 Å². The standard InChI is InChI=1S/C26H31N3O4S/c1-19(2)17-25(28-34(31,32)24-12-7-20-5-3-4-6-21(20)18-24)26(30)27-22-8-10-23(11-9-22)29-13-15-33-16-14-29/h3-12,18-19,25,28H,13-17H2,1-2H3,(H,27,30). The lowest BCUT2D eigenvalue weighted by Gasteiger charge is -2.29. The van der Waals surface area contributed by atoms with Gasteiger partial charge in [0, 0.05) is 24.5 Å². The Morgan fingerprint density at radius 2 is 1.65 bits per heavy atom. The van der Waals surface area contributed by atoms with E-state index in [0.717, 1.165) is 29.5 Å². The number of nitrogens with one attached hydrogen (secondary N) is 2. The molecule has 2 N–H and O–H groups in total. The summed E-state index contributed by atoms with van der Waals surface area (Å²) in [4.78, 5) is 15.5. The van der Waals surface area contributed by atoms with Crippen LogP contribution in [0.2, 0.25) is 0 Å². The first kappa shape index (κ1) is 24.2. The van der Waals surface area contributed by atoms with Gasteiger partial charge < -0.3 is 15.0 Å². The van der Waals surface area contributed by atoms with Gasteiger partial charge >= 0.3 is 0 Å². The van der Waals surface area contributed by atoms with Crippen LogP contribution in [0.3, 0.4) is 0 Å². The highest BCUT2D eigenvalue weighted by Gasteiger charge is 2.27. The molecule has 8 heteroatoms. The molecule has 1 atom stereocenters. The molecule has 1 saturated heterocycles. The number of sulfonamides is 1. The van der Waals surface area contributed by atoms with E-state index in [1.54, 1.807) is 18.2 Å². The fourth-order valence-electron chi connectivity index (χ4n) is 4.08. The lowest BCUT2D eigenvalue weighted by atomic mass is 10.0. The number of fused-ring (bicyclic) bond motifs is 1. The van der Waals surface area contributed by atoms with Crippen molar-refractivity contribution in [3.63, 3.8) is 0 Å². The second-order valence-electron chi connectivity index (χ2n) is 8.95. The molecule has 0 bridgehead atoms. The molecule has 3 aromatic carbocycles. The number of ether oxygens (including phenoxy) is 1. The minimum absolute atomic E-state index is 0.124. The first-order chi connectivity index (χ1) is 16.3. The summed E-state index contributed by atoms with van der Waals surface area (Å²) >= 11 is 0. The van der Waals surface area contributed by atoms with Gasteiger partial charge in [-0.15, -0.1) is 0 Å². The van der Waals surface area contributed by atoms with Gasteiger partial charge in [0.2, 0.25) is 15.9 Å². The lowest BCUT2D eigenvalue weighted by Crippen LogP contribution is -2.44. The first-order valence-corrected chi connectivity index (χ1v) is 13.0. The second kappa shape index (κ2) is 10.5. The Bertz CT molecular complexity index is 1240.